The zero-order valence-electron chi connectivity index (χ0n) is 23.1. The van der Waals surface area contributed by atoms with Crippen molar-refractivity contribution in [2.75, 3.05) is 18.5 Å². The summed E-state index contributed by atoms with van der Waals surface area (Å²) in [6.45, 7) is 4.62. The molecule has 40 heavy (non-hydrogen) atoms. The van der Waals surface area contributed by atoms with Crippen LogP contribution in [0.15, 0.2) is 48.5 Å². The van der Waals surface area contributed by atoms with Gasteiger partial charge in [-0.15, -0.1) is 0 Å². The number of halogens is 1. The Bertz CT molecular complexity index is 1250. The van der Waals surface area contributed by atoms with E-state index in [9.17, 15) is 14.4 Å². The van der Waals surface area contributed by atoms with Crippen molar-refractivity contribution in [2.45, 2.75) is 76.2 Å². The highest BCUT2D eigenvalue weighted by Gasteiger charge is 2.77. The average molecular weight is 568 g/mol. The van der Waals surface area contributed by atoms with Gasteiger partial charge in [0, 0.05) is 19.7 Å². The lowest BCUT2D eigenvalue weighted by Crippen LogP contribution is -2.53. The van der Waals surface area contributed by atoms with Crippen LogP contribution in [0.2, 0.25) is 5.02 Å². The van der Waals surface area contributed by atoms with Crippen LogP contribution in [-0.2, 0) is 25.7 Å². The van der Waals surface area contributed by atoms with Crippen molar-refractivity contribution in [3.8, 4) is 0 Å². The molecule has 8 nitrogen and oxygen atoms in total. The maximum atomic E-state index is 14.1. The zero-order chi connectivity index (χ0) is 28.5. The summed E-state index contributed by atoms with van der Waals surface area (Å²) in [4.78, 5) is 43.5. The van der Waals surface area contributed by atoms with E-state index in [2.05, 4.69) is 10.6 Å². The van der Waals surface area contributed by atoms with Crippen molar-refractivity contribution in [1.29, 1.82) is 0 Å². The second kappa shape index (κ2) is 11.5. The molecule has 3 fully saturated rings. The molecule has 2 bridgehead atoms. The second-order valence-corrected chi connectivity index (χ2v) is 11.9. The van der Waals surface area contributed by atoms with Crippen LogP contribution in [-0.4, -0.2) is 58.1 Å². The highest BCUT2D eigenvalue weighted by molar-refractivity contribution is 6.34. The summed E-state index contributed by atoms with van der Waals surface area (Å²) in [6.07, 6.45) is 4.14. The third-order valence-electron chi connectivity index (χ3n) is 8.89. The molecule has 0 saturated carbocycles. The molecular weight excluding hydrogens is 530 g/mol. The fourth-order valence-electron chi connectivity index (χ4n) is 6.99. The molecule has 1 spiro atoms. The number of unbranched alkanes of at least 4 members (excludes halogenated alkanes) is 3. The van der Waals surface area contributed by atoms with Gasteiger partial charge in [0.05, 0.1) is 28.1 Å². The van der Waals surface area contributed by atoms with E-state index in [-0.39, 0.29) is 24.3 Å². The number of nitrogens with one attached hydrogen (secondary N) is 2. The smallest absolute Gasteiger partial charge is 0.250 e. The number of likely N-dealkylation sites (tertiary alicyclic amines) is 1. The molecule has 0 aliphatic carbocycles. The third kappa shape index (κ3) is 5.01. The molecule has 3 amide bonds. The minimum atomic E-state index is -1.09. The van der Waals surface area contributed by atoms with Crippen molar-refractivity contribution >= 4 is 35.0 Å². The summed E-state index contributed by atoms with van der Waals surface area (Å²) in [5.74, 6) is -2.23. The highest BCUT2D eigenvalue weighted by Crippen LogP contribution is 2.63. The molecule has 0 radical (unpaired) electrons. The maximum Gasteiger partial charge on any atom is 0.250 e. The lowest BCUT2D eigenvalue weighted by Gasteiger charge is -2.33. The van der Waals surface area contributed by atoms with Crippen LogP contribution < -0.4 is 10.6 Å². The molecule has 3 saturated heterocycles. The van der Waals surface area contributed by atoms with Crippen LogP contribution >= 0.6 is 11.6 Å². The predicted octanol–water partition coefficient (Wildman–Crippen LogP) is 4.22. The van der Waals surface area contributed by atoms with Crippen molar-refractivity contribution in [1.82, 2.24) is 10.2 Å². The molecule has 5 atom stereocenters. The van der Waals surface area contributed by atoms with Gasteiger partial charge in [0.2, 0.25) is 17.7 Å². The minimum absolute atomic E-state index is 0.127. The summed E-state index contributed by atoms with van der Waals surface area (Å²) in [7, 11) is 0. The van der Waals surface area contributed by atoms with Crippen molar-refractivity contribution in [3.05, 3.63) is 64.7 Å². The summed E-state index contributed by atoms with van der Waals surface area (Å²) >= 11 is 6.44. The van der Waals surface area contributed by atoms with Gasteiger partial charge in [-0.1, -0.05) is 66.9 Å². The van der Waals surface area contributed by atoms with Gasteiger partial charge in [-0.25, -0.2) is 0 Å². The van der Waals surface area contributed by atoms with Gasteiger partial charge in [-0.3, -0.25) is 14.4 Å². The van der Waals surface area contributed by atoms with Crippen LogP contribution in [0.3, 0.4) is 0 Å². The van der Waals surface area contributed by atoms with E-state index in [0.29, 0.717) is 49.5 Å². The molecule has 3 aliphatic rings. The SMILES string of the molecule is Cc1cccc(Cl)c1NC(=O)C1N(CCCCCCO)C(=O)[C@@H]2[C@H](C(=O)NCc3ccccc3)[C@]3(C)CCC12O3. The molecule has 2 unspecified atom stereocenters. The van der Waals surface area contributed by atoms with Gasteiger partial charge in [0.1, 0.15) is 11.6 Å². The molecule has 2 aromatic rings. The van der Waals surface area contributed by atoms with E-state index in [1.807, 2.05) is 56.3 Å². The maximum absolute atomic E-state index is 14.1. The van der Waals surface area contributed by atoms with E-state index >= 15 is 0 Å². The number of para-hydroxylation sites is 1. The molecular formula is C31H38ClN3O5. The van der Waals surface area contributed by atoms with Crippen molar-refractivity contribution < 1.29 is 24.2 Å². The first-order chi connectivity index (χ1) is 19.2. The fourth-order valence-corrected chi connectivity index (χ4v) is 7.26. The number of anilines is 1. The lowest BCUT2D eigenvalue weighted by atomic mass is 9.66. The first-order valence-corrected chi connectivity index (χ1v) is 14.6. The topological polar surface area (TPSA) is 108 Å². The molecule has 3 heterocycles. The van der Waals surface area contributed by atoms with Gasteiger partial charge >= 0.3 is 0 Å². The quantitative estimate of drug-likeness (QED) is 0.352. The van der Waals surface area contributed by atoms with Crippen LogP contribution in [0.4, 0.5) is 5.69 Å². The number of aryl methyl sites for hydroxylation is 1. The zero-order valence-corrected chi connectivity index (χ0v) is 23.9. The van der Waals surface area contributed by atoms with Crippen LogP contribution in [0.5, 0.6) is 0 Å². The Hall–Kier alpha value is -2.94. The second-order valence-electron chi connectivity index (χ2n) is 11.5. The molecule has 0 aromatic heterocycles. The number of nitrogens with zero attached hydrogens (tertiary/aromatic N) is 1. The largest absolute Gasteiger partial charge is 0.396 e. The third-order valence-corrected chi connectivity index (χ3v) is 9.21. The van der Waals surface area contributed by atoms with Gasteiger partial charge in [-0.05, 0) is 56.7 Å². The molecule has 3 aliphatic heterocycles. The molecule has 2 aromatic carbocycles. The number of aliphatic hydroxyl groups is 1. The Morgan fingerprint density at radius 1 is 1.05 bits per heavy atom. The molecule has 214 valence electrons. The average Bonchev–Trinajstić information content (AvgIpc) is 3.50. The van der Waals surface area contributed by atoms with Crippen molar-refractivity contribution in [2.24, 2.45) is 11.8 Å². The van der Waals surface area contributed by atoms with Gasteiger partial charge < -0.3 is 25.4 Å². The van der Waals surface area contributed by atoms with Gasteiger partial charge in [0.15, 0.2) is 0 Å². The fraction of sp³-hybridized carbons (Fsp3) is 0.516. The Kier molecular flexibility index (Phi) is 8.22. The number of hydrogen-bond acceptors (Lipinski definition) is 5. The summed E-state index contributed by atoms with van der Waals surface area (Å²) in [5.41, 5.74) is 0.365. The van der Waals surface area contributed by atoms with Crippen LogP contribution in [0.25, 0.3) is 0 Å². The lowest BCUT2D eigenvalue weighted by molar-refractivity contribution is -0.144. The first-order valence-electron chi connectivity index (χ1n) is 14.2. The van der Waals surface area contributed by atoms with E-state index in [0.717, 1.165) is 24.0 Å². The molecule has 9 heteroatoms. The monoisotopic (exact) mass is 567 g/mol. The van der Waals surface area contributed by atoms with Gasteiger partial charge in [-0.2, -0.15) is 0 Å². The number of carbonyl (C=O) groups is 3. The minimum Gasteiger partial charge on any atom is -0.396 e. The normalized spacial score (nSPS) is 28.6. The van der Waals surface area contributed by atoms with Gasteiger partial charge in [0.25, 0.3) is 0 Å². The standard InChI is InChI=1S/C31H38ClN3O5/c1-20-11-10-14-22(32)25(20)34-28(38)26-31-16-15-30(2,40-31)23(27(37)33-19-21-12-6-5-7-13-21)24(31)29(39)35(26)17-8-3-4-9-18-36/h5-7,10-14,23-24,26,36H,3-4,8-9,15-19H2,1-2H3,(H,33,37)(H,34,38)/t23-,24+,26?,30+,31?/m1/s1. The Morgan fingerprint density at radius 2 is 1.80 bits per heavy atom. The Labute approximate surface area is 240 Å². The Balaban J connectivity index is 1.44. The molecule has 3 N–H and O–H groups in total. The predicted molar refractivity (Wildman–Crippen MR) is 153 cm³/mol. The first kappa shape index (κ1) is 28.6. The number of hydrogen-bond donors (Lipinski definition) is 3. The number of amides is 3. The number of rotatable bonds is 11. The van der Waals surface area contributed by atoms with Crippen LogP contribution in [0, 0.1) is 18.8 Å². The van der Waals surface area contributed by atoms with E-state index < -0.39 is 29.1 Å². The Morgan fingerprint density at radius 3 is 2.52 bits per heavy atom. The van der Waals surface area contributed by atoms with E-state index in [4.69, 9.17) is 21.4 Å². The van der Waals surface area contributed by atoms with E-state index in [1.165, 1.54) is 0 Å². The molecule has 5 rings (SSSR count). The number of ether oxygens (including phenoxy) is 1. The summed E-state index contributed by atoms with van der Waals surface area (Å²) < 4.78 is 6.68. The summed E-state index contributed by atoms with van der Waals surface area (Å²) in [5, 5.41) is 15.6. The van der Waals surface area contributed by atoms with E-state index in [1.54, 1.807) is 11.0 Å². The van der Waals surface area contributed by atoms with Crippen molar-refractivity contribution in [3.63, 3.8) is 0 Å². The number of benzene rings is 2. The summed E-state index contributed by atoms with van der Waals surface area (Å²) in [6, 6.07) is 14.2. The van der Waals surface area contributed by atoms with Crippen LogP contribution in [0.1, 0.15) is 56.6 Å². The number of fused-ring (bicyclic) bond motifs is 1. The number of carbonyl (C=O) groups excluding carboxylic acids is 3. The number of aliphatic hydroxyl groups excluding tert-OH is 1. The highest BCUT2D eigenvalue weighted by atomic mass is 35.5.